The SMILES string of the molecule is COSc1cc2c(cc1C(=O)OC)OCCC2N. The van der Waals surface area contributed by atoms with Gasteiger partial charge in [-0.2, -0.15) is 0 Å². The highest BCUT2D eigenvalue weighted by Gasteiger charge is 2.23. The normalized spacial score (nSPS) is 17.8. The summed E-state index contributed by atoms with van der Waals surface area (Å²) < 4.78 is 15.3. The molecule has 1 atom stereocenters. The Labute approximate surface area is 110 Å². The van der Waals surface area contributed by atoms with E-state index in [2.05, 4.69) is 0 Å². The van der Waals surface area contributed by atoms with Crippen molar-refractivity contribution in [2.45, 2.75) is 17.4 Å². The maximum atomic E-state index is 11.7. The van der Waals surface area contributed by atoms with Crippen LogP contribution in [0, 0.1) is 0 Å². The first-order valence-corrected chi connectivity index (χ1v) is 6.26. The van der Waals surface area contributed by atoms with E-state index in [1.165, 1.54) is 7.11 Å². The Hall–Kier alpha value is -1.24. The molecule has 2 N–H and O–H groups in total. The molecular formula is C12H15NO4S. The average Bonchev–Trinajstić information content (AvgIpc) is 2.38. The number of nitrogens with two attached hydrogens (primary N) is 1. The zero-order valence-electron chi connectivity index (χ0n) is 10.3. The summed E-state index contributed by atoms with van der Waals surface area (Å²) in [5.74, 6) is 0.231. The monoisotopic (exact) mass is 269 g/mol. The molecule has 0 fully saturated rings. The third-order valence-corrected chi connectivity index (χ3v) is 3.46. The summed E-state index contributed by atoms with van der Waals surface area (Å²) in [6.45, 7) is 0.561. The Morgan fingerprint density at radius 3 is 2.94 bits per heavy atom. The molecule has 1 aromatic rings. The molecule has 1 unspecified atom stereocenters. The van der Waals surface area contributed by atoms with Crippen molar-refractivity contribution in [3.63, 3.8) is 0 Å². The average molecular weight is 269 g/mol. The van der Waals surface area contributed by atoms with Crippen LogP contribution in [0.3, 0.4) is 0 Å². The Bertz CT molecular complexity index is 464. The maximum Gasteiger partial charge on any atom is 0.339 e. The zero-order chi connectivity index (χ0) is 13.1. The van der Waals surface area contributed by atoms with Crippen molar-refractivity contribution in [1.29, 1.82) is 0 Å². The van der Waals surface area contributed by atoms with Gasteiger partial charge in [-0.15, -0.1) is 0 Å². The van der Waals surface area contributed by atoms with Gasteiger partial charge in [0.25, 0.3) is 0 Å². The minimum Gasteiger partial charge on any atom is -0.493 e. The molecule has 1 aliphatic heterocycles. The topological polar surface area (TPSA) is 70.8 Å². The van der Waals surface area contributed by atoms with Gasteiger partial charge in [0, 0.05) is 30.1 Å². The predicted molar refractivity (Wildman–Crippen MR) is 67.7 cm³/mol. The number of rotatable bonds is 3. The predicted octanol–water partition coefficient (Wildman–Crippen LogP) is 1.91. The Kier molecular flexibility index (Phi) is 4.11. The summed E-state index contributed by atoms with van der Waals surface area (Å²) in [4.78, 5) is 12.4. The van der Waals surface area contributed by atoms with Crippen molar-refractivity contribution in [3.8, 4) is 5.75 Å². The van der Waals surface area contributed by atoms with Crippen molar-refractivity contribution >= 4 is 18.0 Å². The largest absolute Gasteiger partial charge is 0.493 e. The van der Waals surface area contributed by atoms with Crippen LogP contribution in [0.15, 0.2) is 17.0 Å². The molecule has 6 heteroatoms. The van der Waals surface area contributed by atoms with Crippen LogP contribution >= 0.6 is 12.0 Å². The molecule has 0 radical (unpaired) electrons. The van der Waals surface area contributed by atoms with Gasteiger partial charge in [0.2, 0.25) is 0 Å². The Balaban J connectivity index is 2.49. The molecule has 2 rings (SSSR count). The second-order valence-electron chi connectivity index (χ2n) is 3.87. The number of methoxy groups -OCH3 is 1. The number of esters is 1. The maximum absolute atomic E-state index is 11.7. The minimum atomic E-state index is -0.417. The molecule has 0 aliphatic carbocycles. The summed E-state index contributed by atoms with van der Waals surface area (Å²) in [7, 11) is 2.89. The molecule has 1 aromatic carbocycles. The lowest BCUT2D eigenvalue weighted by molar-refractivity contribution is 0.0595. The number of hydrogen-bond donors (Lipinski definition) is 1. The quantitative estimate of drug-likeness (QED) is 0.667. The molecular weight excluding hydrogens is 254 g/mol. The molecule has 18 heavy (non-hydrogen) atoms. The second-order valence-corrected chi connectivity index (χ2v) is 4.81. The molecule has 5 nitrogen and oxygen atoms in total. The van der Waals surface area contributed by atoms with Gasteiger partial charge >= 0.3 is 5.97 Å². The summed E-state index contributed by atoms with van der Waals surface area (Å²) in [5.41, 5.74) is 7.35. The lowest BCUT2D eigenvalue weighted by Gasteiger charge is -2.24. The van der Waals surface area contributed by atoms with Crippen molar-refractivity contribution in [2.75, 3.05) is 20.8 Å². The molecule has 98 valence electrons. The van der Waals surface area contributed by atoms with E-state index in [4.69, 9.17) is 19.4 Å². The van der Waals surface area contributed by atoms with Crippen LogP contribution in [0.4, 0.5) is 0 Å². The van der Waals surface area contributed by atoms with Crippen molar-refractivity contribution in [2.24, 2.45) is 5.73 Å². The summed E-state index contributed by atoms with van der Waals surface area (Å²) >= 11 is 1.11. The summed E-state index contributed by atoms with van der Waals surface area (Å²) in [6, 6.07) is 3.43. The van der Waals surface area contributed by atoms with Crippen molar-refractivity contribution < 1.29 is 18.5 Å². The first-order chi connectivity index (χ1) is 8.67. The van der Waals surface area contributed by atoms with Gasteiger partial charge in [0.15, 0.2) is 0 Å². The Morgan fingerprint density at radius 1 is 1.50 bits per heavy atom. The number of hydrogen-bond acceptors (Lipinski definition) is 6. The number of carbonyl (C=O) groups excluding carboxylic acids is 1. The van der Waals surface area contributed by atoms with Crippen molar-refractivity contribution in [3.05, 3.63) is 23.3 Å². The third-order valence-electron chi connectivity index (χ3n) is 2.78. The van der Waals surface area contributed by atoms with Gasteiger partial charge in [-0.3, -0.25) is 0 Å². The number of carbonyl (C=O) groups is 1. The van der Waals surface area contributed by atoms with Gasteiger partial charge in [0.05, 0.1) is 31.3 Å². The van der Waals surface area contributed by atoms with E-state index in [1.807, 2.05) is 6.07 Å². The summed E-state index contributed by atoms with van der Waals surface area (Å²) in [5, 5.41) is 0. The Morgan fingerprint density at radius 2 is 2.28 bits per heavy atom. The van der Waals surface area contributed by atoms with Crippen LogP contribution in [0.25, 0.3) is 0 Å². The first kappa shape index (κ1) is 13.2. The molecule has 0 bridgehead atoms. The van der Waals surface area contributed by atoms with Crippen LogP contribution in [-0.2, 0) is 8.92 Å². The molecule has 0 aromatic heterocycles. The molecule has 0 amide bonds. The molecule has 0 saturated heterocycles. The highest BCUT2D eigenvalue weighted by atomic mass is 32.2. The minimum absolute atomic E-state index is 0.0725. The van der Waals surface area contributed by atoms with Crippen LogP contribution in [0.5, 0.6) is 5.75 Å². The second kappa shape index (κ2) is 5.60. The number of fused-ring (bicyclic) bond motifs is 1. The van der Waals surface area contributed by atoms with Crippen LogP contribution in [0.1, 0.15) is 28.4 Å². The van der Waals surface area contributed by atoms with Crippen LogP contribution in [0.2, 0.25) is 0 Å². The lowest BCUT2D eigenvalue weighted by atomic mass is 9.99. The standard InChI is InChI=1S/C12H15NO4S/c1-15-12(14)8-5-10-7(6-11(8)18-16-2)9(13)3-4-17-10/h5-6,9H,3-4,13H2,1-2H3. The molecule has 1 heterocycles. The van der Waals surface area contributed by atoms with E-state index >= 15 is 0 Å². The molecule has 0 saturated carbocycles. The van der Waals surface area contributed by atoms with Gasteiger partial charge in [-0.25, -0.2) is 4.79 Å². The van der Waals surface area contributed by atoms with E-state index < -0.39 is 5.97 Å². The van der Waals surface area contributed by atoms with E-state index in [-0.39, 0.29) is 6.04 Å². The fraction of sp³-hybridized carbons (Fsp3) is 0.417. The van der Waals surface area contributed by atoms with E-state index in [0.717, 1.165) is 24.0 Å². The van der Waals surface area contributed by atoms with Gasteiger partial charge < -0.3 is 19.4 Å². The highest BCUT2D eigenvalue weighted by Crippen LogP contribution is 2.36. The highest BCUT2D eigenvalue weighted by molar-refractivity contribution is 7.94. The lowest BCUT2D eigenvalue weighted by Crippen LogP contribution is -2.21. The van der Waals surface area contributed by atoms with E-state index in [0.29, 0.717) is 22.8 Å². The number of benzene rings is 1. The zero-order valence-corrected chi connectivity index (χ0v) is 11.1. The van der Waals surface area contributed by atoms with Gasteiger partial charge in [-0.1, -0.05) is 0 Å². The first-order valence-electron chi connectivity index (χ1n) is 5.52. The van der Waals surface area contributed by atoms with Gasteiger partial charge in [0.1, 0.15) is 5.75 Å². The number of ether oxygens (including phenoxy) is 2. The smallest absolute Gasteiger partial charge is 0.339 e. The fourth-order valence-corrected chi connectivity index (χ4v) is 2.46. The fourth-order valence-electron chi connectivity index (χ4n) is 1.87. The van der Waals surface area contributed by atoms with Gasteiger partial charge in [-0.05, 0) is 12.1 Å². The van der Waals surface area contributed by atoms with E-state index in [1.54, 1.807) is 13.2 Å². The summed E-state index contributed by atoms with van der Waals surface area (Å²) in [6.07, 6.45) is 0.766. The molecule has 1 aliphatic rings. The molecule has 0 spiro atoms. The van der Waals surface area contributed by atoms with Crippen molar-refractivity contribution in [1.82, 2.24) is 0 Å². The third kappa shape index (κ3) is 2.45. The van der Waals surface area contributed by atoms with Crippen LogP contribution < -0.4 is 10.5 Å². The van der Waals surface area contributed by atoms with Crippen LogP contribution in [-0.4, -0.2) is 26.8 Å². The van der Waals surface area contributed by atoms with E-state index in [9.17, 15) is 4.79 Å².